The second-order valence-electron chi connectivity index (χ2n) is 5.65. The minimum Gasteiger partial charge on any atom is -0.494 e. The number of aromatic nitrogens is 2. The van der Waals surface area contributed by atoms with E-state index in [1.807, 2.05) is 56.3 Å². The number of thioether (sulfide) groups is 1. The number of imidazole rings is 1. The Morgan fingerprint density at radius 1 is 1.28 bits per heavy atom. The third kappa shape index (κ3) is 4.54. The zero-order valence-corrected chi connectivity index (χ0v) is 15.2. The molecule has 0 aliphatic rings. The van der Waals surface area contributed by atoms with Crippen molar-refractivity contribution in [2.45, 2.75) is 25.5 Å². The van der Waals surface area contributed by atoms with Gasteiger partial charge in [-0.3, -0.25) is 4.79 Å². The molecule has 0 saturated carbocycles. The molecular formula is C19H21N3O2S. The topological polar surface area (TPSA) is 67.0 Å². The standard InChI is InChI=1S/C19H21N3O2S/c1-3-24-15-8-9-16-17(10-15)22-19(21-16)25-12-18(23)20-11-14-7-5-4-6-13(14)2/h4-10H,3,11-12H2,1-2H3,(H,20,23)(H,21,22). The fourth-order valence-electron chi connectivity index (χ4n) is 2.48. The van der Waals surface area contributed by atoms with E-state index in [0.717, 1.165) is 27.5 Å². The largest absolute Gasteiger partial charge is 0.494 e. The molecule has 1 aromatic heterocycles. The molecule has 0 atom stereocenters. The van der Waals surface area contributed by atoms with Crippen molar-refractivity contribution in [3.63, 3.8) is 0 Å². The van der Waals surface area contributed by atoms with E-state index < -0.39 is 0 Å². The Balaban J connectivity index is 1.55. The van der Waals surface area contributed by atoms with Crippen LogP contribution in [0.4, 0.5) is 0 Å². The van der Waals surface area contributed by atoms with E-state index in [2.05, 4.69) is 15.3 Å². The van der Waals surface area contributed by atoms with E-state index in [-0.39, 0.29) is 5.91 Å². The highest BCUT2D eigenvalue weighted by Crippen LogP contribution is 2.23. The van der Waals surface area contributed by atoms with Crippen LogP contribution >= 0.6 is 11.8 Å². The maximum atomic E-state index is 12.1. The van der Waals surface area contributed by atoms with E-state index in [1.54, 1.807) is 0 Å². The second-order valence-corrected chi connectivity index (χ2v) is 6.61. The number of nitrogens with zero attached hydrogens (tertiary/aromatic N) is 1. The van der Waals surface area contributed by atoms with E-state index in [4.69, 9.17) is 4.74 Å². The Labute approximate surface area is 151 Å². The molecule has 5 nitrogen and oxygen atoms in total. The van der Waals surface area contributed by atoms with E-state index in [1.165, 1.54) is 17.3 Å². The molecular weight excluding hydrogens is 334 g/mol. The number of aryl methyl sites for hydroxylation is 1. The van der Waals surface area contributed by atoms with Gasteiger partial charge in [0.05, 0.1) is 23.4 Å². The van der Waals surface area contributed by atoms with Crippen molar-refractivity contribution >= 4 is 28.7 Å². The van der Waals surface area contributed by atoms with Crippen molar-refractivity contribution in [3.05, 3.63) is 53.6 Å². The van der Waals surface area contributed by atoms with Crippen LogP contribution in [0, 0.1) is 6.92 Å². The van der Waals surface area contributed by atoms with Gasteiger partial charge in [0.25, 0.3) is 0 Å². The van der Waals surface area contributed by atoms with Gasteiger partial charge in [0.1, 0.15) is 5.75 Å². The lowest BCUT2D eigenvalue weighted by Crippen LogP contribution is -2.24. The van der Waals surface area contributed by atoms with Gasteiger partial charge in [0.15, 0.2) is 5.16 Å². The number of carbonyl (C=O) groups is 1. The van der Waals surface area contributed by atoms with Crippen molar-refractivity contribution in [1.82, 2.24) is 15.3 Å². The van der Waals surface area contributed by atoms with E-state index in [9.17, 15) is 4.79 Å². The van der Waals surface area contributed by atoms with Crippen LogP contribution in [0.2, 0.25) is 0 Å². The number of benzene rings is 2. The van der Waals surface area contributed by atoms with E-state index in [0.29, 0.717) is 18.9 Å². The third-order valence-electron chi connectivity index (χ3n) is 3.82. The smallest absolute Gasteiger partial charge is 0.230 e. The van der Waals surface area contributed by atoms with Crippen LogP contribution in [-0.4, -0.2) is 28.2 Å². The lowest BCUT2D eigenvalue weighted by molar-refractivity contribution is -0.118. The molecule has 2 N–H and O–H groups in total. The fourth-order valence-corrected chi connectivity index (χ4v) is 3.19. The Hall–Kier alpha value is -2.47. The first-order valence-electron chi connectivity index (χ1n) is 8.22. The van der Waals surface area contributed by atoms with Gasteiger partial charge in [0, 0.05) is 12.6 Å². The molecule has 1 amide bonds. The highest BCUT2D eigenvalue weighted by atomic mass is 32.2. The molecule has 25 heavy (non-hydrogen) atoms. The van der Waals surface area contributed by atoms with Crippen LogP contribution in [0.3, 0.4) is 0 Å². The van der Waals surface area contributed by atoms with Gasteiger partial charge in [-0.15, -0.1) is 0 Å². The summed E-state index contributed by atoms with van der Waals surface area (Å²) < 4.78 is 5.49. The van der Waals surface area contributed by atoms with Gasteiger partial charge in [-0.2, -0.15) is 0 Å². The number of rotatable bonds is 7. The third-order valence-corrected chi connectivity index (χ3v) is 4.69. The van der Waals surface area contributed by atoms with Crippen molar-refractivity contribution in [2.75, 3.05) is 12.4 Å². The Morgan fingerprint density at radius 3 is 2.92 bits per heavy atom. The van der Waals surface area contributed by atoms with Gasteiger partial charge in [-0.25, -0.2) is 4.98 Å². The SMILES string of the molecule is CCOc1ccc2nc(SCC(=O)NCc3ccccc3C)[nH]c2c1. The average Bonchev–Trinajstić information content (AvgIpc) is 3.02. The average molecular weight is 355 g/mol. The molecule has 0 spiro atoms. The van der Waals surface area contributed by atoms with Gasteiger partial charge in [0.2, 0.25) is 5.91 Å². The predicted octanol–water partition coefficient (Wildman–Crippen LogP) is 3.68. The second kappa shape index (κ2) is 8.07. The highest BCUT2D eigenvalue weighted by molar-refractivity contribution is 7.99. The maximum Gasteiger partial charge on any atom is 0.230 e. The summed E-state index contributed by atoms with van der Waals surface area (Å²) in [5, 5.41) is 3.68. The quantitative estimate of drug-likeness (QED) is 0.635. The molecule has 0 fully saturated rings. The highest BCUT2D eigenvalue weighted by Gasteiger charge is 2.08. The zero-order chi connectivity index (χ0) is 17.6. The van der Waals surface area contributed by atoms with Crippen LogP contribution in [0.5, 0.6) is 5.75 Å². The van der Waals surface area contributed by atoms with Gasteiger partial charge in [-0.1, -0.05) is 36.0 Å². The van der Waals surface area contributed by atoms with Crippen molar-refractivity contribution in [3.8, 4) is 5.75 Å². The Bertz CT molecular complexity index is 876. The molecule has 0 aliphatic carbocycles. The molecule has 0 saturated heterocycles. The van der Waals surface area contributed by atoms with Crippen LogP contribution < -0.4 is 10.1 Å². The molecule has 0 radical (unpaired) electrons. The summed E-state index contributed by atoms with van der Waals surface area (Å²) in [5.41, 5.74) is 4.09. The summed E-state index contributed by atoms with van der Waals surface area (Å²) in [6.07, 6.45) is 0. The number of hydrogen-bond donors (Lipinski definition) is 2. The molecule has 0 aliphatic heterocycles. The first-order chi connectivity index (χ1) is 12.2. The van der Waals surface area contributed by atoms with Crippen molar-refractivity contribution in [1.29, 1.82) is 0 Å². The predicted molar refractivity (Wildman–Crippen MR) is 101 cm³/mol. The number of nitrogens with one attached hydrogen (secondary N) is 2. The number of fused-ring (bicyclic) bond motifs is 1. The normalized spacial score (nSPS) is 10.8. The molecule has 1 heterocycles. The van der Waals surface area contributed by atoms with E-state index >= 15 is 0 Å². The first-order valence-corrected chi connectivity index (χ1v) is 9.21. The fraction of sp³-hybridized carbons (Fsp3) is 0.263. The molecule has 3 rings (SSSR count). The number of H-pyrrole nitrogens is 1. The molecule has 2 aromatic carbocycles. The van der Waals surface area contributed by atoms with Crippen molar-refractivity contribution < 1.29 is 9.53 Å². The van der Waals surface area contributed by atoms with Gasteiger partial charge in [-0.05, 0) is 37.1 Å². The Morgan fingerprint density at radius 2 is 2.12 bits per heavy atom. The lowest BCUT2D eigenvalue weighted by Gasteiger charge is -2.07. The molecule has 0 unspecified atom stereocenters. The zero-order valence-electron chi connectivity index (χ0n) is 14.3. The van der Waals surface area contributed by atoms with Gasteiger partial charge >= 0.3 is 0 Å². The van der Waals surface area contributed by atoms with Crippen LogP contribution in [0.25, 0.3) is 11.0 Å². The molecule has 130 valence electrons. The minimum absolute atomic E-state index is 0.0104. The monoisotopic (exact) mass is 355 g/mol. The number of carbonyl (C=O) groups excluding carboxylic acids is 1. The number of ether oxygens (including phenoxy) is 1. The maximum absolute atomic E-state index is 12.1. The van der Waals surface area contributed by atoms with Crippen LogP contribution in [0.1, 0.15) is 18.1 Å². The lowest BCUT2D eigenvalue weighted by atomic mass is 10.1. The summed E-state index contributed by atoms with van der Waals surface area (Å²) in [5.74, 6) is 1.12. The summed E-state index contributed by atoms with van der Waals surface area (Å²) in [6, 6.07) is 13.8. The summed E-state index contributed by atoms with van der Waals surface area (Å²) in [4.78, 5) is 19.8. The Kier molecular flexibility index (Phi) is 5.60. The summed E-state index contributed by atoms with van der Waals surface area (Å²) in [6.45, 7) is 5.17. The molecule has 3 aromatic rings. The van der Waals surface area contributed by atoms with Crippen LogP contribution in [0.15, 0.2) is 47.6 Å². The van der Waals surface area contributed by atoms with Gasteiger partial charge < -0.3 is 15.0 Å². The van der Waals surface area contributed by atoms with Crippen molar-refractivity contribution in [2.24, 2.45) is 0 Å². The summed E-state index contributed by atoms with van der Waals surface area (Å²) >= 11 is 1.39. The first kappa shape index (κ1) is 17.4. The molecule has 6 heteroatoms. The number of amides is 1. The molecule has 0 bridgehead atoms. The minimum atomic E-state index is -0.0104. The summed E-state index contributed by atoms with van der Waals surface area (Å²) in [7, 11) is 0. The van der Waals surface area contributed by atoms with Crippen LogP contribution in [-0.2, 0) is 11.3 Å². The number of hydrogen-bond acceptors (Lipinski definition) is 4. The number of aromatic amines is 1.